The number of likely N-dealkylation sites (N-methyl/N-ethyl adjacent to an activating group) is 1. The summed E-state index contributed by atoms with van der Waals surface area (Å²) in [4.78, 5) is 29.5. The molecule has 32 heavy (non-hydrogen) atoms. The van der Waals surface area contributed by atoms with Crippen LogP contribution in [-0.2, 0) is 16.0 Å². The fourth-order valence-electron chi connectivity index (χ4n) is 4.19. The number of nitrogens with zero attached hydrogens (tertiary/aromatic N) is 2. The van der Waals surface area contributed by atoms with Crippen molar-refractivity contribution in [1.29, 1.82) is 0 Å². The number of ether oxygens (including phenoxy) is 1. The Bertz CT molecular complexity index is 939. The maximum atomic E-state index is 13.1. The van der Waals surface area contributed by atoms with Gasteiger partial charge in [-0.25, -0.2) is 0 Å². The minimum absolute atomic E-state index is 0.0499. The topological polar surface area (TPSA) is 49.9 Å². The normalized spacial score (nSPS) is 16.6. The van der Waals surface area contributed by atoms with E-state index < -0.39 is 6.10 Å². The molecule has 0 spiro atoms. The number of hydrogen-bond donors (Lipinski definition) is 0. The van der Waals surface area contributed by atoms with Gasteiger partial charge in [0.1, 0.15) is 5.75 Å². The number of hydrogen-bond acceptors (Lipinski definition) is 3. The van der Waals surface area contributed by atoms with E-state index in [0.717, 1.165) is 17.5 Å². The third-order valence-corrected chi connectivity index (χ3v) is 6.15. The summed E-state index contributed by atoms with van der Waals surface area (Å²) in [6.07, 6.45) is 0.757. The molecule has 0 fully saturated rings. The van der Waals surface area contributed by atoms with Gasteiger partial charge >= 0.3 is 0 Å². The van der Waals surface area contributed by atoms with Crippen LogP contribution in [0.4, 0.5) is 0 Å². The predicted molar refractivity (Wildman–Crippen MR) is 128 cm³/mol. The highest BCUT2D eigenvalue weighted by molar-refractivity contribution is 5.81. The van der Waals surface area contributed by atoms with Crippen LogP contribution in [0.5, 0.6) is 5.75 Å². The highest BCUT2D eigenvalue weighted by Gasteiger charge is 2.32. The molecular formula is C27H36N2O3. The van der Waals surface area contributed by atoms with Crippen molar-refractivity contribution in [3.8, 4) is 5.75 Å². The van der Waals surface area contributed by atoms with E-state index in [-0.39, 0.29) is 23.9 Å². The fraction of sp³-hybridized carbons (Fsp3) is 0.481. The van der Waals surface area contributed by atoms with Gasteiger partial charge in [0.2, 0.25) is 5.91 Å². The molecule has 5 nitrogen and oxygen atoms in total. The molecule has 0 bridgehead atoms. The standard InChI is InChI=1S/C27H36N2O3/c1-18(2)16-25(30)29-15-14-21-12-13-23(32-20(5)27(31)28(6)19(3)4)17-24(21)26(29)22-10-8-7-9-11-22/h7-13,17-20,26H,14-16H2,1-6H3. The van der Waals surface area contributed by atoms with Gasteiger partial charge in [-0.05, 0) is 61.9 Å². The van der Waals surface area contributed by atoms with E-state index in [1.54, 1.807) is 18.9 Å². The average molecular weight is 437 g/mol. The minimum atomic E-state index is -0.585. The molecule has 5 heteroatoms. The average Bonchev–Trinajstić information content (AvgIpc) is 2.77. The number of benzene rings is 2. The summed E-state index contributed by atoms with van der Waals surface area (Å²) in [6.45, 7) is 10.6. The fourth-order valence-corrected chi connectivity index (χ4v) is 4.19. The van der Waals surface area contributed by atoms with Gasteiger partial charge in [-0.15, -0.1) is 0 Å². The molecule has 1 aliphatic heterocycles. The van der Waals surface area contributed by atoms with Gasteiger partial charge < -0.3 is 14.5 Å². The lowest BCUT2D eigenvalue weighted by Crippen LogP contribution is -2.42. The SMILES string of the molecule is CC(C)CC(=O)N1CCc2ccc(OC(C)C(=O)N(C)C(C)C)cc2C1c1ccccc1. The van der Waals surface area contributed by atoms with E-state index in [1.807, 2.05) is 49.1 Å². The summed E-state index contributed by atoms with van der Waals surface area (Å²) >= 11 is 0. The van der Waals surface area contributed by atoms with E-state index in [4.69, 9.17) is 4.74 Å². The third kappa shape index (κ3) is 5.32. The zero-order valence-electron chi connectivity index (χ0n) is 20.2. The molecule has 1 aliphatic rings. The lowest BCUT2D eigenvalue weighted by Gasteiger charge is -2.38. The summed E-state index contributed by atoms with van der Waals surface area (Å²) in [5.74, 6) is 1.08. The van der Waals surface area contributed by atoms with Crippen molar-refractivity contribution in [3.05, 3.63) is 65.2 Å². The van der Waals surface area contributed by atoms with Crippen LogP contribution in [-0.4, -0.2) is 47.4 Å². The van der Waals surface area contributed by atoms with Crippen LogP contribution in [0.2, 0.25) is 0 Å². The molecular weight excluding hydrogens is 400 g/mol. The van der Waals surface area contributed by atoms with E-state index in [0.29, 0.717) is 24.6 Å². The predicted octanol–water partition coefficient (Wildman–Crippen LogP) is 4.84. The zero-order chi connectivity index (χ0) is 23.4. The maximum absolute atomic E-state index is 13.1. The Balaban J connectivity index is 1.94. The quantitative estimate of drug-likeness (QED) is 0.624. The largest absolute Gasteiger partial charge is 0.481 e. The minimum Gasteiger partial charge on any atom is -0.481 e. The first-order valence-electron chi connectivity index (χ1n) is 11.6. The van der Waals surface area contributed by atoms with E-state index in [1.165, 1.54) is 5.56 Å². The summed E-state index contributed by atoms with van der Waals surface area (Å²) in [5, 5.41) is 0. The van der Waals surface area contributed by atoms with Crippen LogP contribution in [0, 0.1) is 5.92 Å². The van der Waals surface area contributed by atoms with Crippen molar-refractivity contribution >= 4 is 11.8 Å². The number of amides is 2. The molecule has 0 saturated heterocycles. The molecule has 0 aromatic heterocycles. The van der Waals surface area contributed by atoms with E-state index >= 15 is 0 Å². The summed E-state index contributed by atoms with van der Waals surface area (Å²) in [5.41, 5.74) is 3.39. The molecule has 0 N–H and O–H groups in total. The lowest BCUT2D eigenvalue weighted by atomic mass is 9.87. The molecule has 3 rings (SSSR count). The first-order chi connectivity index (χ1) is 15.2. The highest BCUT2D eigenvalue weighted by atomic mass is 16.5. The van der Waals surface area contributed by atoms with Crippen molar-refractivity contribution in [2.75, 3.05) is 13.6 Å². The Morgan fingerprint density at radius 1 is 1.06 bits per heavy atom. The van der Waals surface area contributed by atoms with Crippen LogP contribution in [0.25, 0.3) is 0 Å². The maximum Gasteiger partial charge on any atom is 0.263 e. The van der Waals surface area contributed by atoms with Crippen LogP contribution in [0.3, 0.4) is 0 Å². The molecule has 2 amide bonds. The molecule has 0 radical (unpaired) electrons. The Hall–Kier alpha value is -2.82. The Morgan fingerprint density at radius 3 is 2.38 bits per heavy atom. The van der Waals surface area contributed by atoms with Gasteiger partial charge in [0.05, 0.1) is 6.04 Å². The second-order valence-corrected chi connectivity index (χ2v) is 9.41. The Kier molecular flexibility index (Phi) is 7.60. The Morgan fingerprint density at radius 2 is 1.75 bits per heavy atom. The lowest BCUT2D eigenvalue weighted by molar-refractivity contribution is -0.138. The number of rotatable bonds is 7. The molecule has 1 heterocycles. The molecule has 2 atom stereocenters. The molecule has 0 aliphatic carbocycles. The summed E-state index contributed by atoms with van der Waals surface area (Å²) in [6, 6.07) is 16.2. The third-order valence-electron chi connectivity index (χ3n) is 6.15. The van der Waals surface area contributed by atoms with Gasteiger partial charge in [-0.3, -0.25) is 9.59 Å². The first-order valence-corrected chi connectivity index (χ1v) is 11.6. The highest BCUT2D eigenvalue weighted by Crippen LogP contribution is 2.38. The number of carbonyl (C=O) groups is 2. The number of fused-ring (bicyclic) bond motifs is 1. The van der Waals surface area contributed by atoms with Crippen LogP contribution in [0.1, 0.15) is 63.8 Å². The van der Waals surface area contributed by atoms with Crippen molar-refractivity contribution in [3.63, 3.8) is 0 Å². The molecule has 2 aromatic carbocycles. The van der Waals surface area contributed by atoms with E-state index in [9.17, 15) is 9.59 Å². The van der Waals surface area contributed by atoms with Crippen molar-refractivity contribution in [1.82, 2.24) is 9.80 Å². The van der Waals surface area contributed by atoms with Crippen LogP contribution >= 0.6 is 0 Å². The van der Waals surface area contributed by atoms with Crippen LogP contribution in [0.15, 0.2) is 48.5 Å². The van der Waals surface area contributed by atoms with Gasteiger partial charge in [0.25, 0.3) is 5.91 Å². The monoisotopic (exact) mass is 436 g/mol. The van der Waals surface area contributed by atoms with Gasteiger partial charge in [0, 0.05) is 26.1 Å². The van der Waals surface area contributed by atoms with Crippen molar-refractivity contribution in [2.45, 2.75) is 65.6 Å². The molecule has 2 unspecified atom stereocenters. The van der Waals surface area contributed by atoms with Gasteiger partial charge in [-0.1, -0.05) is 50.2 Å². The van der Waals surface area contributed by atoms with Gasteiger partial charge in [0.15, 0.2) is 6.10 Å². The van der Waals surface area contributed by atoms with Crippen LogP contribution < -0.4 is 4.74 Å². The smallest absolute Gasteiger partial charge is 0.263 e. The molecule has 0 saturated carbocycles. The first kappa shape index (κ1) is 23.8. The Labute approximate surface area is 192 Å². The zero-order valence-corrected chi connectivity index (χ0v) is 20.2. The van der Waals surface area contributed by atoms with Crippen molar-refractivity contribution in [2.24, 2.45) is 5.92 Å². The second kappa shape index (κ2) is 10.2. The second-order valence-electron chi connectivity index (χ2n) is 9.41. The van der Waals surface area contributed by atoms with Gasteiger partial charge in [-0.2, -0.15) is 0 Å². The number of carbonyl (C=O) groups excluding carboxylic acids is 2. The molecule has 172 valence electrons. The van der Waals surface area contributed by atoms with E-state index in [2.05, 4.69) is 32.0 Å². The summed E-state index contributed by atoms with van der Waals surface area (Å²) in [7, 11) is 1.80. The summed E-state index contributed by atoms with van der Waals surface area (Å²) < 4.78 is 6.06. The van der Waals surface area contributed by atoms with Crippen molar-refractivity contribution < 1.29 is 14.3 Å². The molecule has 2 aromatic rings.